The van der Waals surface area contributed by atoms with Gasteiger partial charge in [0.05, 0.1) is 5.56 Å². The van der Waals surface area contributed by atoms with Crippen LogP contribution in [0.3, 0.4) is 0 Å². The molecule has 82 valence electrons. The molecule has 0 spiro atoms. The van der Waals surface area contributed by atoms with Crippen molar-refractivity contribution in [2.75, 3.05) is 14.2 Å². The molecule has 0 aliphatic carbocycles. The third kappa shape index (κ3) is 2.68. The normalized spacial score (nSPS) is 12.1. The van der Waals surface area contributed by atoms with Gasteiger partial charge in [-0.15, -0.1) is 0 Å². The fourth-order valence-corrected chi connectivity index (χ4v) is 1.29. The Hall–Kier alpha value is -1.59. The Labute approximate surface area is 88.1 Å². The van der Waals surface area contributed by atoms with Crippen molar-refractivity contribution in [2.45, 2.75) is 6.29 Å². The molecule has 0 radical (unpaired) electrons. The monoisotopic (exact) mass is 211 g/mol. The van der Waals surface area contributed by atoms with E-state index >= 15 is 0 Å². The number of benzene rings is 1. The van der Waals surface area contributed by atoms with E-state index in [9.17, 15) is 0 Å². The topological polar surface area (TPSA) is 78.7 Å². The number of nitrogens with one attached hydrogen (secondary N) is 1. The van der Waals surface area contributed by atoms with Crippen LogP contribution >= 0.6 is 0 Å². The maximum atomic E-state index is 8.66. The molecule has 0 amide bonds. The van der Waals surface area contributed by atoms with Crippen LogP contribution in [0, 0.1) is 0 Å². The lowest BCUT2D eigenvalue weighted by Crippen LogP contribution is -2.71. The zero-order valence-electron chi connectivity index (χ0n) is 8.73. The maximum absolute atomic E-state index is 8.66. The molecule has 0 saturated carbocycles. The van der Waals surface area contributed by atoms with Gasteiger partial charge in [0.25, 0.3) is 0 Å². The van der Waals surface area contributed by atoms with E-state index in [2.05, 4.69) is 0 Å². The molecule has 0 aromatic heterocycles. The summed E-state index contributed by atoms with van der Waals surface area (Å²) in [5.74, 6) is 0.183. The summed E-state index contributed by atoms with van der Waals surface area (Å²) in [6.07, 6.45) is -0.434. The molecule has 1 aromatic rings. The number of nitrogens with two attached hydrogens (primary N) is 1. The fraction of sp³-hybridized carbons (Fsp3) is 0.300. The van der Waals surface area contributed by atoms with Gasteiger partial charge in [-0.1, -0.05) is 17.3 Å². The van der Waals surface area contributed by atoms with Crippen molar-refractivity contribution in [1.29, 1.82) is 0 Å². The van der Waals surface area contributed by atoms with Crippen molar-refractivity contribution < 1.29 is 19.8 Å². The van der Waals surface area contributed by atoms with Gasteiger partial charge in [-0.05, 0) is 12.1 Å². The van der Waals surface area contributed by atoms with E-state index in [0.29, 0.717) is 5.56 Å². The van der Waals surface area contributed by atoms with Crippen molar-refractivity contribution in [3.8, 4) is 0 Å². The lowest BCUT2D eigenvalue weighted by Gasteiger charge is -2.13. The number of rotatable bonds is 4. The van der Waals surface area contributed by atoms with E-state index in [1.807, 2.05) is 11.2 Å². The first kappa shape index (κ1) is 11.5. The predicted molar refractivity (Wildman–Crippen MR) is 54.2 cm³/mol. The van der Waals surface area contributed by atoms with Crippen LogP contribution in [-0.4, -0.2) is 25.3 Å². The number of ether oxygens (including phenoxy) is 2. The SMILES string of the molecule is COC(OC)c1cccc(C(N)=[NH+]O)c1. The van der Waals surface area contributed by atoms with Crippen LogP contribution in [0.5, 0.6) is 0 Å². The maximum Gasteiger partial charge on any atom is 0.311 e. The largest absolute Gasteiger partial charge is 0.357 e. The third-order valence-corrected chi connectivity index (χ3v) is 2.02. The molecule has 1 rings (SSSR count). The van der Waals surface area contributed by atoms with Crippen LogP contribution in [0.2, 0.25) is 0 Å². The summed E-state index contributed by atoms with van der Waals surface area (Å²) in [4.78, 5) is 0. The molecule has 0 unspecified atom stereocenters. The minimum absolute atomic E-state index is 0.183. The highest BCUT2D eigenvalue weighted by Crippen LogP contribution is 2.17. The minimum atomic E-state index is -0.434. The number of amidine groups is 1. The molecule has 0 fully saturated rings. The Kier molecular flexibility index (Phi) is 4.08. The Morgan fingerprint density at radius 1 is 1.40 bits per heavy atom. The lowest BCUT2D eigenvalue weighted by atomic mass is 10.1. The molecule has 0 aliphatic rings. The summed E-state index contributed by atoms with van der Waals surface area (Å²) in [6.45, 7) is 0. The van der Waals surface area contributed by atoms with E-state index in [-0.39, 0.29) is 5.84 Å². The number of hydrogen-bond donors (Lipinski definition) is 3. The van der Waals surface area contributed by atoms with Gasteiger partial charge in [-0.2, -0.15) is 0 Å². The van der Waals surface area contributed by atoms with E-state index in [1.165, 1.54) is 0 Å². The van der Waals surface area contributed by atoms with Gasteiger partial charge in [0, 0.05) is 19.8 Å². The van der Waals surface area contributed by atoms with E-state index in [1.54, 1.807) is 32.4 Å². The van der Waals surface area contributed by atoms with Crippen LogP contribution in [0.1, 0.15) is 17.4 Å². The average Bonchev–Trinajstić information content (AvgIpc) is 2.30. The summed E-state index contributed by atoms with van der Waals surface area (Å²) < 4.78 is 10.2. The van der Waals surface area contributed by atoms with Crippen LogP contribution < -0.4 is 10.9 Å². The Morgan fingerprint density at radius 3 is 2.60 bits per heavy atom. The zero-order valence-corrected chi connectivity index (χ0v) is 8.73. The van der Waals surface area contributed by atoms with Gasteiger partial charge in [0.15, 0.2) is 6.29 Å². The summed E-state index contributed by atoms with van der Waals surface area (Å²) in [6, 6.07) is 7.20. The first-order valence-electron chi connectivity index (χ1n) is 4.41. The lowest BCUT2D eigenvalue weighted by molar-refractivity contribution is -0.737. The third-order valence-electron chi connectivity index (χ3n) is 2.02. The van der Waals surface area contributed by atoms with Gasteiger partial charge < -0.3 is 14.7 Å². The van der Waals surface area contributed by atoms with Gasteiger partial charge >= 0.3 is 5.84 Å². The summed E-state index contributed by atoms with van der Waals surface area (Å²) in [5, 5.41) is 10.6. The Balaban J connectivity index is 3.01. The van der Waals surface area contributed by atoms with Crippen molar-refractivity contribution in [3.63, 3.8) is 0 Å². The van der Waals surface area contributed by atoms with Crippen molar-refractivity contribution in [1.82, 2.24) is 0 Å². The van der Waals surface area contributed by atoms with Crippen LogP contribution in [-0.2, 0) is 9.47 Å². The minimum Gasteiger partial charge on any atom is -0.357 e. The van der Waals surface area contributed by atoms with Crippen LogP contribution in [0.15, 0.2) is 24.3 Å². The molecule has 0 saturated heterocycles. The summed E-state index contributed by atoms with van der Waals surface area (Å²) in [7, 11) is 3.11. The molecule has 0 aliphatic heterocycles. The standard InChI is InChI=1S/C10H14N2O3/c1-14-10(15-2)8-5-3-4-7(6-8)9(11)12-13/h3-6,10,13H,1-2H3,(H2,11,12)/p+1. The number of hydrogen-bond acceptors (Lipinski definition) is 3. The molecule has 5 nitrogen and oxygen atoms in total. The highest BCUT2D eigenvalue weighted by molar-refractivity contribution is 5.92. The second-order valence-corrected chi connectivity index (χ2v) is 2.95. The Morgan fingerprint density at radius 2 is 2.07 bits per heavy atom. The average molecular weight is 211 g/mol. The zero-order chi connectivity index (χ0) is 11.3. The molecule has 0 atom stereocenters. The molecule has 15 heavy (non-hydrogen) atoms. The molecule has 0 heterocycles. The number of nitrogen functional groups attached to an aromatic ring is 1. The quantitative estimate of drug-likeness (QED) is 0.199. The van der Waals surface area contributed by atoms with E-state index < -0.39 is 6.29 Å². The second-order valence-electron chi connectivity index (χ2n) is 2.95. The molecule has 1 aromatic carbocycles. The molecular weight excluding hydrogens is 196 g/mol. The molecule has 5 heteroatoms. The van der Waals surface area contributed by atoms with Gasteiger partial charge in [0.1, 0.15) is 0 Å². The molecular formula is C10H15N2O3+. The number of methoxy groups -OCH3 is 2. The summed E-state index contributed by atoms with van der Waals surface area (Å²) >= 11 is 0. The van der Waals surface area contributed by atoms with Crippen molar-refractivity contribution in [2.24, 2.45) is 5.73 Å². The first-order chi connectivity index (χ1) is 7.22. The molecule has 4 N–H and O–H groups in total. The van der Waals surface area contributed by atoms with Crippen LogP contribution in [0.4, 0.5) is 0 Å². The van der Waals surface area contributed by atoms with Crippen molar-refractivity contribution in [3.05, 3.63) is 35.4 Å². The fourth-order valence-electron chi connectivity index (χ4n) is 1.29. The van der Waals surface area contributed by atoms with E-state index in [0.717, 1.165) is 5.56 Å². The second kappa shape index (κ2) is 5.33. The van der Waals surface area contributed by atoms with Gasteiger partial charge in [-0.25, -0.2) is 0 Å². The summed E-state index contributed by atoms with van der Waals surface area (Å²) in [5.41, 5.74) is 7.02. The van der Waals surface area contributed by atoms with Gasteiger partial charge in [0.2, 0.25) is 0 Å². The van der Waals surface area contributed by atoms with Crippen molar-refractivity contribution >= 4 is 5.84 Å². The smallest absolute Gasteiger partial charge is 0.311 e. The van der Waals surface area contributed by atoms with Gasteiger partial charge in [-0.3, -0.25) is 5.73 Å². The first-order valence-corrected chi connectivity index (χ1v) is 4.41. The highest BCUT2D eigenvalue weighted by Gasteiger charge is 2.11. The molecule has 0 bridgehead atoms. The highest BCUT2D eigenvalue weighted by atomic mass is 16.7. The Bertz CT molecular complexity index is 348. The van der Waals surface area contributed by atoms with E-state index in [4.69, 9.17) is 20.4 Å². The van der Waals surface area contributed by atoms with Crippen LogP contribution in [0.25, 0.3) is 0 Å². The predicted octanol–water partition coefficient (Wildman–Crippen LogP) is -0.847.